The van der Waals surface area contributed by atoms with Crippen molar-refractivity contribution in [3.63, 3.8) is 0 Å². The van der Waals surface area contributed by atoms with Gasteiger partial charge in [-0.15, -0.1) is 0 Å². The maximum Gasteiger partial charge on any atom is 0.222 e. The molecule has 4 heteroatoms. The predicted octanol–water partition coefficient (Wildman–Crippen LogP) is 3.49. The minimum Gasteiger partial charge on any atom is -0.379 e. The van der Waals surface area contributed by atoms with Gasteiger partial charge in [0, 0.05) is 39.1 Å². The third-order valence-corrected chi connectivity index (χ3v) is 6.03. The van der Waals surface area contributed by atoms with Crippen LogP contribution in [0.3, 0.4) is 0 Å². The van der Waals surface area contributed by atoms with Crippen LogP contribution in [0.5, 0.6) is 0 Å². The first-order chi connectivity index (χ1) is 12.9. The van der Waals surface area contributed by atoms with Crippen LogP contribution in [0.15, 0.2) is 24.3 Å². The largest absolute Gasteiger partial charge is 0.379 e. The third-order valence-electron chi connectivity index (χ3n) is 6.03. The van der Waals surface area contributed by atoms with Crippen LogP contribution >= 0.6 is 0 Å². The van der Waals surface area contributed by atoms with Gasteiger partial charge in [0.25, 0.3) is 0 Å². The van der Waals surface area contributed by atoms with Gasteiger partial charge in [0.1, 0.15) is 0 Å². The first-order valence-corrected chi connectivity index (χ1v) is 10.6. The minimum atomic E-state index is 0.180. The molecule has 0 spiro atoms. The smallest absolute Gasteiger partial charge is 0.222 e. The summed E-state index contributed by atoms with van der Waals surface area (Å²) in [6.07, 6.45) is 3.76. The van der Waals surface area contributed by atoms with Gasteiger partial charge in [-0.05, 0) is 41.7 Å². The lowest BCUT2D eigenvalue weighted by Gasteiger charge is -2.36. The average molecular weight is 373 g/mol. The highest BCUT2D eigenvalue weighted by atomic mass is 16.5. The van der Waals surface area contributed by atoms with Gasteiger partial charge in [-0.3, -0.25) is 9.69 Å². The van der Waals surface area contributed by atoms with Gasteiger partial charge < -0.3 is 9.64 Å². The summed E-state index contributed by atoms with van der Waals surface area (Å²) in [6.45, 7) is 13.6. The quantitative estimate of drug-likeness (QED) is 0.793. The number of morpholine rings is 1. The molecule has 2 saturated heterocycles. The number of likely N-dealkylation sites (tertiary alicyclic amines) is 1. The molecule has 2 aliphatic rings. The highest BCUT2D eigenvalue weighted by molar-refractivity contribution is 5.76. The molecule has 27 heavy (non-hydrogen) atoms. The summed E-state index contributed by atoms with van der Waals surface area (Å²) in [4.78, 5) is 17.2. The molecule has 2 heterocycles. The lowest BCUT2D eigenvalue weighted by atomic mass is 9.86. The van der Waals surface area contributed by atoms with Crippen LogP contribution in [0, 0.1) is 5.92 Å². The molecule has 0 saturated carbocycles. The number of carbonyl (C=O) groups excluding carboxylic acids is 1. The van der Waals surface area contributed by atoms with E-state index < -0.39 is 0 Å². The van der Waals surface area contributed by atoms with E-state index in [4.69, 9.17) is 4.74 Å². The fraction of sp³-hybridized carbons (Fsp3) is 0.696. The summed E-state index contributed by atoms with van der Waals surface area (Å²) < 4.78 is 5.43. The lowest BCUT2D eigenvalue weighted by molar-refractivity contribution is -0.132. The van der Waals surface area contributed by atoms with Crippen molar-refractivity contribution < 1.29 is 9.53 Å². The van der Waals surface area contributed by atoms with Crippen molar-refractivity contribution in [2.24, 2.45) is 5.92 Å². The Kier molecular flexibility index (Phi) is 6.93. The number of aryl methyl sites for hydroxylation is 1. The van der Waals surface area contributed by atoms with Crippen LogP contribution < -0.4 is 0 Å². The molecule has 0 bridgehead atoms. The monoisotopic (exact) mass is 372 g/mol. The van der Waals surface area contributed by atoms with Crippen molar-refractivity contribution in [3.05, 3.63) is 35.4 Å². The molecule has 0 unspecified atom stereocenters. The standard InChI is InChI=1S/C23H36N2O2/c1-23(2,3)21-7-4-19(5-8-21)6-9-22(26)25-12-10-20(11-13-25)18-24-14-16-27-17-15-24/h4-5,7-8,20H,6,9-18H2,1-3H3. The Balaban J connectivity index is 1.39. The number of rotatable bonds is 5. The molecule has 0 atom stereocenters. The summed E-state index contributed by atoms with van der Waals surface area (Å²) in [5.74, 6) is 1.05. The second-order valence-electron chi connectivity index (χ2n) is 9.18. The molecule has 3 rings (SSSR count). The highest BCUT2D eigenvalue weighted by Crippen LogP contribution is 2.23. The number of amides is 1. The maximum absolute atomic E-state index is 12.6. The van der Waals surface area contributed by atoms with E-state index in [1.54, 1.807) is 0 Å². The molecular formula is C23H36N2O2. The van der Waals surface area contributed by atoms with E-state index in [9.17, 15) is 4.79 Å². The van der Waals surface area contributed by atoms with Crippen molar-refractivity contribution >= 4 is 5.91 Å². The topological polar surface area (TPSA) is 32.8 Å². The molecule has 150 valence electrons. The van der Waals surface area contributed by atoms with E-state index in [1.165, 1.54) is 17.7 Å². The Morgan fingerprint density at radius 2 is 1.67 bits per heavy atom. The van der Waals surface area contributed by atoms with Gasteiger partial charge in [-0.25, -0.2) is 0 Å². The zero-order valence-corrected chi connectivity index (χ0v) is 17.4. The Morgan fingerprint density at radius 3 is 2.26 bits per heavy atom. The number of ether oxygens (including phenoxy) is 1. The van der Waals surface area contributed by atoms with Crippen molar-refractivity contribution in [1.82, 2.24) is 9.80 Å². The SMILES string of the molecule is CC(C)(C)c1ccc(CCC(=O)N2CCC(CN3CCOCC3)CC2)cc1. The van der Waals surface area contributed by atoms with Gasteiger partial charge in [-0.2, -0.15) is 0 Å². The summed E-state index contributed by atoms with van der Waals surface area (Å²) in [5, 5.41) is 0. The maximum atomic E-state index is 12.6. The van der Waals surface area contributed by atoms with E-state index in [0.717, 1.165) is 64.6 Å². The molecule has 4 nitrogen and oxygen atoms in total. The minimum absolute atomic E-state index is 0.180. The molecule has 1 aromatic carbocycles. The van der Waals surface area contributed by atoms with E-state index in [2.05, 4.69) is 54.8 Å². The molecule has 0 aromatic heterocycles. The van der Waals surface area contributed by atoms with Crippen molar-refractivity contribution in [3.8, 4) is 0 Å². The second kappa shape index (κ2) is 9.20. The number of benzene rings is 1. The average Bonchev–Trinajstić information content (AvgIpc) is 2.67. The van der Waals surface area contributed by atoms with Crippen LogP contribution in [0.1, 0.15) is 51.2 Å². The normalized spacial score (nSPS) is 20.0. The molecule has 0 radical (unpaired) electrons. The van der Waals surface area contributed by atoms with Gasteiger partial charge >= 0.3 is 0 Å². The first-order valence-electron chi connectivity index (χ1n) is 10.6. The van der Waals surface area contributed by atoms with Gasteiger partial charge in [0.05, 0.1) is 13.2 Å². The van der Waals surface area contributed by atoms with Gasteiger partial charge in [0.15, 0.2) is 0 Å². The Bertz CT molecular complexity index is 592. The summed E-state index contributed by atoms with van der Waals surface area (Å²) >= 11 is 0. The van der Waals surface area contributed by atoms with E-state index >= 15 is 0 Å². The molecule has 1 amide bonds. The van der Waals surface area contributed by atoms with E-state index in [-0.39, 0.29) is 5.41 Å². The molecular weight excluding hydrogens is 336 g/mol. The molecule has 0 aliphatic carbocycles. The molecule has 2 fully saturated rings. The predicted molar refractivity (Wildman–Crippen MR) is 110 cm³/mol. The lowest BCUT2D eigenvalue weighted by Crippen LogP contribution is -2.44. The van der Waals surface area contributed by atoms with Crippen molar-refractivity contribution in [2.45, 2.75) is 51.9 Å². The zero-order valence-electron chi connectivity index (χ0n) is 17.4. The summed E-state index contributed by atoms with van der Waals surface area (Å²) in [5.41, 5.74) is 2.79. The van der Waals surface area contributed by atoms with Crippen LogP contribution in [-0.2, 0) is 21.4 Å². The third kappa shape index (κ3) is 6.05. The fourth-order valence-corrected chi connectivity index (χ4v) is 4.09. The van der Waals surface area contributed by atoms with Crippen molar-refractivity contribution in [2.75, 3.05) is 45.9 Å². The zero-order chi connectivity index (χ0) is 19.3. The number of hydrogen-bond acceptors (Lipinski definition) is 3. The number of carbonyl (C=O) groups is 1. The van der Waals surface area contributed by atoms with Gasteiger partial charge in [0.2, 0.25) is 5.91 Å². The first kappa shape index (κ1) is 20.3. The van der Waals surface area contributed by atoms with Crippen LogP contribution in [0.25, 0.3) is 0 Å². The Labute approximate surface area is 164 Å². The summed E-state index contributed by atoms with van der Waals surface area (Å²) in [7, 11) is 0. The van der Waals surface area contributed by atoms with Crippen LogP contribution in [0.4, 0.5) is 0 Å². The Morgan fingerprint density at radius 1 is 1.04 bits per heavy atom. The van der Waals surface area contributed by atoms with Crippen LogP contribution in [0.2, 0.25) is 0 Å². The number of nitrogens with zero attached hydrogens (tertiary/aromatic N) is 2. The Hall–Kier alpha value is -1.39. The van der Waals surface area contributed by atoms with E-state index in [1.807, 2.05) is 0 Å². The molecule has 1 aromatic rings. The second-order valence-corrected chi connectivity index (χ2v) is 9.18. The fourth-order valence-electron chi connectivity index (χ4n) is 4.09. The van der Waals surface area contributed by atoms with E-state index in [0.29, 0.717) is 12.3 Å². The molecule has 0 N–H and O–H groups in total. The van der Waals surface area contributed by atoms with Crippen LogP contribution in [-0.4, -0.2) is 61.6 Å². The number of hydrogen-bond donors (Lipinski definition) is 0. The van der Waals surface area contributed by atoms with Crippen molar-refractivity contribution in [1.29, 1.82) is 0 Å². The highest BCUT2D eigenvalue weighted by Gasteiger charge is 2.24. The summed E-state index contributed by atoms with van der Waals surface area (Å²) in [6, 6.07) is 8.78. The number of piperidine rings is 1. The van der Waals surface area contributed by atoms with Gasteiger partial charge in [-0.1, -0.05) is 45.0 Å². The molecule has 2 aliphatic heterocycles.